The summed E-state index contributed by atoms with van der Waals surface area (Å²) in [6.07, 6.45) is 2.72. The van der Waals surface area contributed by atoms with Crippen LogP contribution in [-0.2, 0) is 0 Å². The Morgan fingerprint density at radius 2 is 1.40 bits per heavy atom. The minimum Gasteiger partial charge on any atom is -1.00 e. The lowest BCUT2D eigenvalue weighted by Crippen LogP contribution is -3.00. The molecule has 5 heteroatoms. The molecule has 0 aromatic heterocycles. The molecule has 0 atom stereocenters. The summed E-state index contributed by atoms with van der Waals surface area (Å²) in [6.45, 7) is 11.2. The fraction of sp³-hybridized carbons (Fsp3) is 1.00. The number of hydrogen-bond donors (Lipinski definition) is 0. The van der Waals surface area contributed by atoms with Crippen molar-refractivity contribution in [2.45, 2.75) is 19.8 Å². The number of rotatable bonds is 3. The Morgan fingerprint density at radius 3 is 1.80 bits per heavy atom. The van der Waals surface area contributed by atoms with Crippen LogP contribution in [0.1, 0.15) is 19.8 Å². The van der Waals surface area contributed by atoms with E-state index in [1.807, 2.05) is 0 Å². The van der Waals surface area contributed by atoms with E-state index < -0.39 is 0 Å². The van der Waals surface area contributed by atoms with Gasteiger partial charge in [-0.15, -0.1) is 0 Å². The van der Waals surface area contributed by atoms with Crippen LogP contribution in [0.4, 0.5) is 0 Å². The standard InChI is InChI=1S/C10H21N4.ClH/c1-2-3-4-14-8-11-5-12(9-14)7-13(6-11)10-14;/h2-10H2,1H3;1H/q+1;/p-1. The Labute approximate surface area is 98.4 Å². The third kappa shape index (κ3) is 2.01. The lowest BCUT2D eigenvalue weighted by molar-refractivity contribution is -0.980. The lowest BCUT2D eigenvalue weighted by atomic mass is 10.2. The molecule has 0 unspecified atom stereocenters. The van der Waals surface area contributed by atoms with Crippen LogP contribution < -0.4 is 12.4 Å². The van der Waals surface area contributed by atoms with E-state index in [0.717, 1.165) is 0 Å². The minimum absolute atomic E-state index is 0. The van der Waals surface area contributed by atoms with E-state index in [-0.39, 0.29) is 12.4 Å². The van der Waals surface area contributed by atoms with Gasteiger partial charge in [-0.2, -0.15) is 0 Å². The second-order valence-electron chi connectivity index (χ2n) is 5.28. The van der Waals surface area contributed by atoms with Gasteiger partial charge in [-0.1, -0.05) is 13.3 Å². The van der Waals surface area contributed by atoms with E-state index in [4.69, 9.17) is 0 Å². The first-order valence-electron chi connectivity index (χ1n) is 5.82. The smallest absolute Gasteiger partial charge is 0.139 e. The Hall–Kier alpha value is 0.130. The number of nitrogens with zero attached hydrogens (tertiary/aromatic N) is 4. The molecule has 15 heavy (non-hydrogen) atoms. The van der Waals surface area contributed by atoms with Crippen LogP contribution in [0.2, 0.25) is 0 Å². The van der Waals surface area contributed by atoms with Crippen molar-refractivity contribution < 1.29 is 16.9 Å². The molecule has 0 aromatic rings. The van der Waals surface area contributed by atoms with Gasteiger partial charge in [0.25, 0.3) is 0 Å². The highest BCUT2D eigenvalue weighted by molar-refractivity contribution is 4.73. The van der Waals surface area contributed by atoms with Crippen LogP contribution in [-0.4, -0.2) is 65.7 Å². The average Bonchev–Trinajstić information content (AvgIpc) is 2.12. The number of unbranched alkanes of at least 4 members (excludes halogenated alkanes) is 1. The van der Waals surface area contributed by atoms with Gasteiger partial charge in [-0.05, 0) is 6.42 Å². The average molecular weight is 233 g/mol. The van der Waals surface area contributed by atoms with Gasteiger partial charge < -0.3 is 12.4 Å². The molecule has 4 nitrogen and oxygen atoms in total. The summed E-state index contributed by atoms with van der Waals surface area (Å²) in [6, 6.07) is 0. The van der Waals surface area contributed by atoms with Crippen LogP contribution >= 0.6 is 0 Å². The maximum atomic E-state index is 2.59. The molecule has 0 N–H and O–H groups in total. The van der Waals surface area contributed by atoms with E-state index >= 15 is 0 Å². The molecule has 4 fully saturated rings. The molecule has 0 amide bonds. The fourth-order valence-corrected chi connectivity index (χ4v) is 3.36. The topological polar surface area (TPSA) is 9.72 Å². The summed E-state index contributed by atoms with van der Waals surface area (Å²) >= 11 is 0. The van der Waals surface area contributed by atoms with Crippen molar-refractivity contribution in [1.29, 1.82) is 0 Å². The van der Waals surface area contributed by atoms with Gasteiger partial charge in [-0.3, -0.25) is 4.48 Å². The lowest BCUT2D eigenvalue weighted by Gasteiger charge is -2.60. The van der Waals surface area contributed by atoms with E-state index in [9.17, 15) is 0 Å². The quantitative estimate of drug-likeness (QED) is 0.491. The van der Waals surface area contributed by atoms with Gasteiger partial charge >= 0.3 is 0 Å². The second-order valence-corrected chi connectivity index (χ2v) is 5.28. The van der Waals surface area contributed by atoms with Gasteiger partial charge in [0, 0.05) is 0 Å². The Kier molecular flexibility index (Phi) is 3.24. The molecule has 0 saturated carbocycles. The summed E-state index contributed by atoms with van der Waals surface area (Å²) < 4.78 is 1.31. The summed E-state index contributed by atoms with van der Waals surface area (Å²) in [5.41, 5.74) is 0. The largest absolute Gasteiger partial charge is 1.00 e. The van der Waals surface area contributed by atoms with Crippen molar-refractivity contribution in [3.8, 4) is 0 Å². The molecule has 0 radical (unpaired) electrons. The van der Waals surface area contributed by atoms with E-state index in [2.05, 4.69) is 21.6 Å². The molecule has 4 aliphatic rings. The Bertz CT molecular complexity index is 198. The van der Waals surface area contributed by atoms with Crippen LogP contribution in [0, 0.1) is 0 Å². The third-order valence-corrected chi connectivity index (χ3v) is 3.69. The molecule has 0 aliphatic carbocycles. The van der Waals surface area contributed by atoms with Crippen LogP contribution in [0.5, 0.6) is 0 Å². The van der Waals surface area contributed by atoms with Gasteiger partial charge in [0.2, 0.25) is 0 Å². The Balaban J connectivity index is 0.000000853. The normalized spacial score (nSPS) is 46.6. The van der Waals surface area contributed by atoms with Crippen molar-refractivity contribution in [3.63, 3.8) is 0 Å². The molecule has 4 heterocycles. The van der Waals surface area contributed by atoms with Crippen molar-refractivity contribution >= 4 is 0 Å². The molecule has 4 bridgehead atoms. The monoisotopic (exact) mass is 232 g/mol. The summed E-state index contributed by atoms with van der Waals surface area (Å²) in [7, 11) is 0. The second kappa shape index (κ2) is 4.18. The highest BCUT2D eigenvalue weighted by Crippen LogP contribution is 2.28. The first-order chi connectivity index (χ1) is 6.80. The summed E-state index contributed by atoms with van der Waals surface area (Å²) in [4.78, 5) is 7.77. The molecule has 4 aliphatic heterocycles. The SMILES string of the molecule is CCCC[N+]12CN3CN(CN(C3)C1)C2.[Cl-]. The summed E-state index contributed by atoms with van der Waals surface area (Å²) in [5, 5.41) is 0. The van der Waals surface area contributed by atoms with Crippen molar-refractivity contribution in [2.24, 2.45) is 0 Å². The molecule has 4 saturated heterocycles. The molecular formula is C10H21ClN4. The third-order valence-electron chi connectivity index (χ3n) is 3.69. The van der Waals surface area contributed by atoms with Crippen LogP contribution in [0.25, 0.3) is 0 Å². The zero-order valence-corrected chi connectivity index (χ0v) is 10.3. The van der Waals surface area contributed by atoms with Crippen molar-refractivity contribution in [2.75, 3.05) is 46.6 Å². The molecular weight excluding hydrogens is 212 g/mol. The van der Waals surface area contributed by atoms with E-state index in [0.29, 0.717) is 0 Å². The zero-order valence-electron chi connectivity index (χ0n) is 9.53. The maximum Gasteiger partial charge on any atom is 0.139 e. The highest BCUT2D eigenvalue weighted by Gasteiger charge is 2.47. The fourth-order valence-electron chi connectivity index (χ4n) is 3.36. The zero-order chi connectivity index (χ0) is 9.60. The molecule has 88 valence electrons. The predicted octanol–water partition coefficient (Wildman–Crippen LogP) is -2.70. The number of hydrogen-bond acceptors (Lipinski definition) is 3. The van der Waals surface area contributed by atoms with E-state index in [1.54, 1.807) is 0 Å². The maximum absolute atomic E-state index is 2.59. The van der Waals surface area contributed by atoms with Crippen LogP contribution in [0.3, 0.4) is 0 Å². The summed E-state index contributed by atoms with van der Waals surface area (Å²) in [5.74, 6) is 0. The van der Waals surface area contributed by atoms with Gasteiger partial charge in [0.15, 0.2) is 0 Å². The van der Waals surface area contributed by atoms with Gasteiger partial charge in [0.05, 0.1) is 26.6 Å². The van der Waals surface area contributed by atoms with Gasteiger partial charge in [-0.25, -0.2) is 14.7 Å². The first kappa shape index (κ1) is 11.6. The highest BCUT2D eigenvalue weighted by atomic mass is 35.5. The Morgan fingerprint density at radius 1 is 0.933 bits per heavy atom. The van der Waals surface area contributed by atoms with E-state index in [1.165, 1.54) is 63.9 Å². The molecule has 0 spiro atoms. The molecule has 0 aromatic carbocycles. The number of halogens is 1. The van der Waals surface area contributed by atoms with Crippen molar-refractivity contribution in [3.05, 3.63) is 0 Å². The van der Waals surface area contributed by atoms with Crippen LogP contribution in [0.15, 0.2) is 0 Å². The minimum atomic E-state index is 0. The first-order valence-corrected chi connectivity index (χ1v) is 5.82. The predicted molar refractivity (Wildman–Crippen MR) is 54.8 cm³/mol. The molecule has 4 rings (SSSR count). The van der Waals surface area contributed by atoms with Gasteiger partial charge in [0.1, 0.15) is 20.0 Å². The number of quaternary nitrogens is 1. The van der Waals surface area contributed by atoms with Crippen molar-refractivity contribution in [1.82, 2.24) is 14.7 Å².